The highest BCUT2D eigenvalue weighted by molar-refractivity contribution is 7.89. The van der Waals surface area contributed by atoms with Gasteiger partial charge in [-0.1, -0.05) is 0 Å². The van der Waals surface area contributed by atoms with Gasteiger partial charge in [0.25, 0.3) is 0 Å². The van der Waals surface area contributed by atoms with Crippen molar-refractivity contribution in [2.45, 2.75) is 23.8 Å². The Morgan fingerprint density at radius 2 is 2.11 bits per heavy atom. The van der Waals surface area contributed by atoms with Gasteiger partial charge in [0.1, 0.15) is 10.6 Å². The van der Waals surface area contributed by atoms with Gasteiger partial charge in [0.2, 0.25) is 10.0 Å². The molecule has 1 aliphatic carbocycles. The Balaban J connectivity index is 2.45. The third kappa shape index (κ3) is 2.62. The lowest BCUT2D eigenvalue weighted by Crippen LogP contribution is -2.27. The minimum atomic E-state index is -3.76. The number of carbonyl (C=O) groups excluding carboxylic acids is 1. The quantitative estimate of drug-likeness (QED) is 0.778. The van der Waals surface area contributed by atoms with Crippen molar-refractivity contribution in [1.82, 2.24) is 4.72 Å². The van der Waals surface area contributed by atoms with Crippen LogP contribution in [-0.4, -0.2) is 27.5 Å². The second kappa shape index (κ2) is 4.58. The van der Waals surface area contributed by atoms with Crippen molar-refractivity contribution in [3.8, 4) is 5.75 Å². The van der Waals surface area contributed by atoms with Gasteiger partial charge in [-0.15, -0.1) is 0 Å². The number of ether oxygens (including phenoxy) is 1. The highest BCUT2D eigenvalue weighted by Gasteiger charge is 2.29. The summed E-state index contributed by atoms with van der Waals surface area (Å²) in [6.45, 7) is 0. The average molecular weight is 270 g/mol. The Labute approximate surface area is 105 Å². The summed E-state index contributed by atoms with van der Waals surface area (Å²) in [5.41, 5.74) is -0.202. The van der Waals surface area contributed by atoms with E-state index >= 15 is 0 Å². The van der Waals surface area contributed by atoms with Gasteiger partial charge >= 0.3 is 0 Å². The molecule has 0 radical (unpaired) electrons. The minimum Gasteiger partial charge on any atom is -0.545 e. The summed E-state index contributed by atoms with van der Waals surface area (Å²) in [5, 5.41) is 10.7. The average Bonchev–Trinajstić information content (AvgIpc) is 3.11. The summed E-state index contributed by atoms with van der Waals surface area (Å²) in [4.78, 5) is 10.6. The zero-order valence-corrected chi connectivity index (χ0v) is 10.5. The molecule has 0 unspecified atom stereocenters. The number of hydrogen-bond donors (Lipinski definition) is 1. The Bertz CT molecular complexity index is 577. The Hall–Kier alpha value is -1.60. The molecule has 0 aliphatic heterocycles. The predicted molar refractivity (Wildman–Crippen MR) is 60.7 cm³/mol. The molecule has 0 atom stereocenters. The molecule has 1 aromatic carbocycles. The molecule has 0 heterocycles. The first-order valence-electron chi connectivity index (χ1n) is 5.36. The number of nitrogens with one attached hydrogen (secondary N) is 1. The van der Waals surface area contributed by atoms with E-state index in [4.69, 9.17) is 4.74 Å². The van der Waals surface area contributed by atoms with Gasteiger partial charge in [-0.25, -0.2) is 13.1 Å². The summed E-state index contributed by atoms with van der Waals surface area (Å²) in [6, 6.07) is 3.52. The fraction of sp³-hybridized carbons (Fsp3) is 0.364. The van der Waals surface area contributed by atoms with E-state index in [0.29, 0.717) is 0 Å². The van der Waals surface area contributed by atoms with Crippen LogP contribution in [0.25, 0.3) is 0 Å². The summed E-state index contributed by atoms with van der Waals surface area (Å²) in [7, 11) is -2.44. The van der Waals surface area contributed by atoms with Crippen molar-refractivity contribution in [3.05, 3.63) is 23.8 Å². The van der Waals surface area contributed by atoms with Crippen LogP contribution in [0.5, 0.6) is 5.75 Å². The molecule has 6 nitrogen and oxygen atoms in total. The maximum atomic E-state index is 12.0. The second-order valence-electron chi connectivity index (χ2n) is 4.05. The van der Waals surface area contributed by atoms with Crippen molar-refractivity contribution in [2.75, 3.05) is 7.11 Å². The second-order valence-corrected chi connectivity index (χ2v) is 5.73. The van der Waals surface area contributed by atoms with Crippen LogP contribution in [0.15, 0.2) is 23.1 Å². The van der Waals surface area contributed by atoms with Crippen molar-refractivity contribution >= 4 is 16.0 Å². The van der Waals surface area contributed by atoms with Crippen LogP contribution >= 0.6 is 0 Å². The van der Waals surface area contributed by atoms with Gasteiger partial charge in [-0.05, 0) is 36.6 Å². The van der Waals surface area contributed by atoms with Crippen LogP contribution in [0.3, 0.4) is 0 Å². The number of rotatable bonds is 5. The zero-order valence-electron chi connectivity index (χ0n) is 9.67. The minimum absolute atomic E-state index is 0.0636. The van der Waals surface area contributed by atoms with Crippen LogP contribution in [0.4, 0.5) is 0 Å². The van der Waals surface area contributed by atoms with Gasteiger partial charge in [0.05, 0.1) is 13.1 Å². The van der Waals surface area contributed by atoms with Gasteiger partial charge in [-0.3, -0.25) is 0 Å². The molecular formula is C11H12NO5S-. The van der Waals surface area contributed by atoms with Gasteiger partial charge in [0, 0.05) is 6.04 Å². The number of aromatic carboxylic acids is 1. The maximum absolute atomic E-state index is 12.0. The highest BCUT2D eigenvalue weighted by Crippen LogP contribution is 2.28. The third-order valence-electron chi connectivity index (χ3n) is 2.59. The molecule has 0 spiro atoms. The number of carbonyl (C=O) groups is 1. The lowest BCUT2D eigenvalue weighted by atomic mass is 10.2. The summed E-state index contributed by atoms with van der Waals surface area (Å²) < 4.78 is 31.5. The Morgan fingerprint density at radius 3 is 2.61 bits per heavy atom. The monoisotopic (exact) mass is 270 g/mol. The smallest absolute Gasteiger partial charge is 0.244 e. The molecule has 2 rings (SSSR count). The number of methoxy groups -OCH3 is 1. The van der Waals surface area contributed by atoms with Crippen LogP contribution in [0.1, 0.15) is 23.2 Å². The molecule has 18 heavy (non-hydrogen) atoms. The fourth-order valence-corrected chi connectivity index (χ4v) is 3.00. The van der Waals surface area contributed by atoms with Crippen LogP contribution in [0, 0.1) is 0 Å². The molecule has 1 N–H and O–H groups in total. The van der Waals surface area contributed by atoms with E-state index in [1.165, 1.54) is 19.2 Å². The zero-order chi connectivity index (χ0) is 13.3. The van der Waals surface area contributed by atoms with Gasteiger partial charge < -0.3 is 14.6 Å². The molecule has 0 bridgehead atoms. The summed E-state index contributed by atoms with van der Waals surface area (Å²) >= 11 is 0. The van der Waals surface area contributed by atoms with E-state index in [2.05, 4.69) is 4.72 Å². The molecule has 98 valence electrons. The van der Waals surface area contributed by atoms with E-state index < -0.39 is 16.0 Å². The van der Waals surface area contributed by atoms with E-state index in [1.807, 2.05) is 0 Å². The van der Waals surface area contributed by atoms with Crippen molar-refractivity contribution < 1.29 is 23.1 Å². The first-order chi connectivity index (χ1) is 8.44. The van der Waals surface area contributed by atoms with Crippen molar-refractivity contribution in [1.29, 1.82) is 0 Å². The number of carboxylic acids is 1. The molecular weight excluding hydrogens is 258 g/mol. The first kappa shape index (κ1) is 12.8. The number of sulfonamides is 1. The molecule has 1 fully saturated rings. The lowest BCUT2D eigenvalue weighted by Gasteiger charge is -2.12. The van der Waals surface area contributed by atoms with E-state index in [9.17, 15) is 18.3 Å². The number of hydrogen-bond acceptors (Lipinski definition) is 5. The first-order valence-corrected chi connectivity index (χ1v) is 6.84. The summed E-state index contributed by atoms with van der Waals surface area (Å²) in [5.74, 6) is -1.33. The molecule has 1 aromatic rings. The largest absolute Gasteiger partial charge is 0.545 e. The third-order valence-corrected chi connectivity index (χ3v) is 4.13. The molecule has 0 amide bonds. The molecule has 1 aliphatic rings. The highest BCUT2D eigenvalue weighted by atomic mass is 32.2. The van der Waals surface area contributed by atoms with Gasteiger partial charge in [-0.2, -0.15) is 0 Å². The number of carboxylic acid groups (broad SMARTS) is 1. The van der Waals surface area contributed by atoms with E-state index in [0.717, 1.165) is 18.9 Å². The van der Waals surface area contributed by atoms with Crippen molar-refractivity contribution in [2.24, 2.45) is 0 Å². The predicted octanol–water partition coefficient (Wildman–Crippen LogP) is -0.501. The fourth-order valence-electron chi connectivity index (χ4n) is 1.50. The molecule has 0 aromatic heterocycles. The van der Waals surface area contributed by atoms with Crippen LogP contribution in [-0.2, 0) is 10.0 Å². The normalized spacial score (nSPS) is 15.4. The Kier molecular flexibility index (Phi) is 3.27. The summed E-state index contributed by atoms with van der Waals surface area (Å²) in [6.07, 6.45) is 1.59. The maximum Gasteiger partial charge on any atom is 0.244 e. The van der Waals surface area contributed by atoms with E-state index in [1.54, 1.807) is 0 Å². The van der Waals surface area contributed by atoms with Crippen LogP contribution < -0.4 is 14.6 Å². The SMILES string of the molecule is COc1ccc(C(=O)[O-])cc1S(=O)(=O)NC1CC1. The molecule has 7 heteroatoms. The topological polar surface area (TPSA) is 95.5 Å². The standard InChI is InChI=1S/C11H13NO5S/c1-17-9-5-2-7(11(13)14)6-10(9)18(15,16)12-8-3-4-8/h2,5-6,8,12H,3-4H2,1H3,(H,13,14)/p-1. The van der Waals surface area contributed by atoms with Crippen LogP contribution in [0.2, 0.25) is 0 Å². The Morgan fingerprint density at radius 1 is 1.44 bits per heavy atom. The van der Waals surface area contributed by atoms with E-state index in [-0.39, 0.29) is 22.3 Å². The van der Waals surface area contributed by atoms with Crippen molar-refractivity contribution in [3.63, 3.8) is 0 Å². The number of benzene rings is 1. The lowest BCUT2D eigenvalue weighted by molar-refractivity contribution is -0.255. The molecule has 0 saturated heterocycles. The van der Waals surface area contributed by atoms with Gasteiger partial charge in [0.15, 0.2) is 0 Å². The molecule has 1 saturated carbocycles.